The quantitative estimate of drug-likeness (QED) is 0.458. The number of hydrogen-bond donors (Lipinski definition) is 3. The first-order valence-electron chi connectivity index (χ1n) is 8.94. The Hall–Kier alpha value is -3.26. The largest absolute Gasteiger partial charge is 0.477 e. The predicted octanol–water partition coefficient (Wildman–Crippen LogP) is 1.25. The molecule has 0 aliphatic carbocycles. The summed E-state index contributed by atoms with van der Waals surface area (Å²) in [5.41, 5.74) is 7.28. The topological polar surface area (TPSA) is 165 Å². The first kappa shape index (κ1) is 20.5. The van der Waals surface area contributed by atoms with Crippen LogP contribution in [0.3, 0.4) is 0 Å². The van der Waals surface area contributed by atoms with Gasteiger partial charge in [-0.3, -0.25) is 10.1 Å². The van der Waals surface area contributed by atoms with Crippen LogP contribution in [0.25, 0.3) is 0 Å². The number of non-ortho nitro benzene ring substituents is 1. The fourth-order valence-corrected chi connectivity index (χ4v) is 3.10. The van der Waals surface area contributed by atoms with E-state index in [-0.39, 0.29) is 42.6 Å². The Morgan fingerprint density at radius 1 is 1.41 bits per heavy atom. The molecule has 2 heterocycles. The van der Waals surface area contributed by atoms with Gasteiger partial charge in [0.15, 0.2) is 0 Å². The monoisotopic (exact) mass is 400 g/mol. The highest BCUT2D eigenvalue weighted by Crippen LogP contribution is 2.38. The van der Waals surface area contributed by atoms with E-state index < -0.39 is 23.2 Å². The van der Waals surface area contributed by atoms with Crippen molar-refractivity contribution >= 4 is 11.5 Å². The summed E-state index contributed by atoms with van der Waals surface area (Å²) in [6, 6.07) is 9.59. The Balaban J connectivity index is 1.75. The normalized spacial score (nSPS) is 20.9. The maximum Gasteiger partial charge on any atom is 0.269 e. The number of benzene rings is 1. The Labute approximate surface area is 166 Å². The smallest absolute Gasteiger partial charge is 0.269 e. The van der Waals surface area contributed by atoms with Crippen molar-refractivity contribution in [3.8, 4) is 11.9 Å². The summed E-state index contributed by atoms with van der Waals surface area (Å²) in [6.07, 6.45) is -1.49. The number of hydrogen-bond acceptors (Lipinski definition) is 9. The standard InChI is InChI=1S/C19H20N4O6/c20-9-12-7-14(16-8-15(25)17(10-24)29-16)19(22-18(12)21)28-6-5-11-1-3-13(4-2-11)23(26)27/h1-4,7,15-17,24-25H,5-6,8,10H2,(H2,21,22)/t15-,16+,17+/m0/s1. The van der Waals surface area contributed by atoms with E-state index in [2.05, 4.69) is 4.98 Å². The van der Waals surface area contributed by atoms with Crippen LogP contribution in [0.1, 0.15) is 29.2 Å². The number of nitrogen functional groups attached to an aromatic ring is 1. The van der Waals surface area contributed by atoms with Crippen molar-refractivity contribution in [2.75, 3.05) is 18.9 Å². The van der Waals surface area contributed by atoms with Gasteiger partial charge in [0.25, 0.3) is 5.69 Å². The molecule has 10 nitrogen and oxygen atoms in total. The van der Waals surface area contributed by atoms with Crippen LogP contribution in [0.4, 0.5) is 11.5 Å². The number of aromatic nitrogens is 1. The van der Waals surface area contributed by atoms with E-state index in [4.69, 9.17) is 15.2 Å². The number of nitrogens with zero attached hydrogens (tertiary/aromatic N) is 3. The summed E-state index contributed by atoms with van der Waals surface area (Å²) < 4.78 is 11.4. The molecule has 3 rings (SSSR count). The van der Waals surface area contributed by atoms with Gasteiger partial charge in [-0.15, -0.1) is 0 Å². The van der Waals surface area contributed by atoms with Gasteiger partial charge < -0.3 is 25.4 Å². The molecular formula is C19H20N4O6. The maximum absolute atomic E-state index is 10.7. The third-order valence-corrected chi connectivity index (χ3v) is 4.69. The zero-order valence-electron chi connectivity index (χ0n) is 15.4. The predicted molar refractivity (Wildman–Crippen MR) is 101 cm³/mol. The maximum atomic E-state index is 10.7. The first-order chi connectivity index (χ1) is 13.9. The number of nitrogens with two attached hydrogens (primary N) is 1. The molecule has 1 aliphatic rings. The van der Waals surface area contributed by atoms with Crippen LogP contribution in [0.15, 0.2) is 30.3 Å². The van der Waals surface area contributed by atoms with E-state index in [1.807, 2.05) is 6.07 Å². The molecule has 4 N–H and O–H groups in total. The van der Waals surface area contributed by atoms with Gasteiger partial charge in [-0.2, -0.15) is 10.2 Å². The van der Waals surface area contributed by atoms with Gasteiger partial charge in [0.1, 0.15) is 18.0 Å². The van der Waals surface area contributed by atoms with Crippen LogP contribution in [0.2, 0.25) is 0 Å². The lowest BCUT2D eigenvalue weighted by Crippen LogP contribution is -2.24. The van der Waals surface area contributed by atoms with Crippen molar-refractivity contribution in [2.24, 2.45) is 0 Å². The Morgan fingerprint density at radius 3 is 2.72 bits per heavy atom. The second kappa shape index (κ2) is 8.83. The second-order valence-electron chi connectivity index (χ2n) is 6.60. The number of pyridine rings is 1. The first-order valence-corrected chi connectivity index (χ1v) is 8.94. The molecule has 1 aliphatic heterocycles. The van der Waals surface area contributed by atoms with Crippen LogP contribution < -0.4 is 10.5 Å². The average Bonchev–Trinajstić information content (AvgIpc) is 3.09. The SMILES string of the molecule is N#Cc1cc([C@H]2C[C@H](O)[C@@H](CO)O2)c(OCCc2ccc([N+](=O)[O-])cc2)nc1N. The number of rotatable bonds is 7. The van der Waals surface area contributed by atoms with Crippen LogP contribution >= 0.6 is 0 Å². The molecular weight excluding hydrogens is 380 g/mol. The minimum absolute atomic E-state index is 0.00821. The molecule has 152 valence electrons. The molecule has 3 atom stereocenters. The van der Waals surface area contributed by atoms with Crippen LogP contribution in [-0.4, -0.2) is 45.5 Å². The van der Waals surface area contributed by atoms with E-state index in [0.29, 0.717) is 12.0 Å². The second-order valence-corrected chi connectivity index (χ2v) is 6.60. The van der Waals surface area contributed by atoms with Crippen LogP contribution in [-0.2, 0) is 11.2 Å². The number of ether oxygens (including phenoxy) is 2. The third kappa shape index (κ3) is 4.60. The minimum Gasteiger partial charge on any atom is -0.477 e. The van der Waals surface area contributed by atoms with Gasteiger partial charge in [0.2, 0.25) is 5.88 Å². The summed E-state index contributed by atoms with van der Waals surface area (Å²) in [7, 11) is 0. The summed E-state index contributed by atoms with van der Waals surface area (Å²) in [5, 5.41) is 39.2. The number of aliphatic hydroxyl groups excluding tert-OH is 2. The lowest BCUT2D eigenvalue weighted by molar-refractivity contribution is -0.384. The summed E-state index contributed by atoms with van der Waals surface area (Å²) in [5.74, 6) is 0.193. The molecule has 1 aromatic carbocycles. The van der Waals surface area contributed by atoms with Gasteiger partial charge >= 0.3 is 0 Å². The summed E-state index contributed by atoms with van der Waals surface area (Å²) >= 11 is 0. The molecule has 0 saturated carbocycles. The number of anilines is 1. The van der Waals surface area contributed by atoms with Gasteiger partial charge in [0.05, 0.1) is 35.9 Å². The molecule has 0 amide bonds. The lowest BCUT2D eigenvalue weighted by atomic mass is 10.0. The molecule has 0 unspecified atom stereocenters. The van der Waals surface area contributed by atoms with Crippen molar-refractivity contribution < 1.29 is 24.6 Å². The van der Waals surface area contributed by atoms with E-state index in [0.717, 1.165) is 5.56 Å². The Morgan fingerprint density at radius 2 is 2.14 bits per heavy atom. The Bertz CT molecular complexity index is 928. The minimum atomic E-state index is -0.846. The fourth-order valence-electron chi connectivity index (χ4n) is 3.10. The lowest BCUT2D eigenvalue weighted by Gasteiger charge is -2.17. The zero-order chi connectivity index (χ0) is 21.0. The summed E-state index contributed by atoms with van der Waals surface area (Å²) in [4.78, 5) is 14.4. The molecule has 29 heavy (non-hydrogen) atoms. The summed E-state index contributed by atoms with van der Waals surface area (Å²) in [6.45, 7) is -0.122. The van der Waals surface area contributed by atoms with Crippen molar-refractivity contribution in [3.05, 3.63) is 57.1 Å². The molecule has 10 heteroatoms. The highest BCUT2D eigenvalue weighted by molar-refractivity contribution is 5.53. The van der Waals surface area contributed by atoms with Crippen molar-refractivity contribution in [2.45, 2.75) is 31.2 Å². The van der Waals surface area contributed by atoms with Crippen LogP contribution in [0, 0.1) is 21.4 Å². The van der Waals surface area contributed by atoms with Gasteiger partial charge in [-0.05, 0) is 11.6 Å². The Kier molecular flexibility index (Phi) is 6.23. The highest BCUT2D eigenvalue weighted by Gasteiger charge is 2.36. The molecule has 1 aromatic heterocycles. The number of nitro benzene ring substituents is 1. The number of nitriles is 1. The average molecular weight is 400 g/mol. The van der Waals surface area contributed by atoms with E-state index in [9.17, 15) is 25.6 Å². The number of nitro groups is 1. The molecule has 2 aromatic rings. The zero-order valence-corrected chi connectivity index (χ0v) is 15.4. The molecule has 0 spiro atoms. The number of aliphatic hydroxyl groups is 2. The molecule has 0 bridgehead atoms. The van der Waals surface area contributed by atoms with Gasteiger partial charge in [-0.25, -0.2) is 0 Å². The van der Waals surface area contributed by atoms with E-state index in [1.54, 1.807) is 12.1 Å². The van der Waals surface area contributed by atoms with E-state index >= 15 is 0 Å². The van der Waals surface area contributed by atoms with Crippen molar-refractivity contribution in [1.82, 2.24) is 4.98 Å². The molecule has 1 saturated heterocycles. The van der Waals surface area contributed by atoms with Gasteiger partial charge in [-0.1, -0.05) is 12.1 Å². The molecule has 1 fully saturated rings. The van der Waals surface area contributed by atoms with Crippen molar-refractivity contribution in [3.63, 3.8) is 0 Å². The third-order valence-electron chi connectivity index (χ3n) is 4.69. The van der Waals surface area contributed by atoms with E-state index in [1.165, 1.54) is 18.2 Å². The van der Waals surface area contributed by atoms with Crippen LogP contribution in [0.5, 0.6) is 5.88 Å². The van der Waals surface area contributed by atoms with Gasteiger partial charge in [0, 0.05) is 30.5 Å². The highest BCUT2D eigenvalue weighted by atomic mass is 16.6. The fraction of sp³-hybridized carbons (Fsp3) is 0.368. The van der Waals surface area contributed by atoms with Crippen molar-refractivity contribution in [1.29, 1.82) is 5.26 Å². The molecule has 0 radical (unpaired) electrons.